The van der Waals surface area contributed by atoms with Crippen molar-refractivity contribution in [1.29, 1.82) is 0 Å². The Morgan fingerprint density at radius 2 is 2.06 bits per heavy atom. The lowest BCUT2D eigenvalue weighted by molar-refractivity contribution is 0.0232. The van der Waals surface area contributed by atoms with E-state index in [9.17, 15) is 0 Å². The average molecular weight is 243 g/mol. The van der Waals surface area contributed by atoms with Gasteiger partial charge in [0, 0.05) is 30.7 Å². The average Bonchev–Trinajstić information content (AvgIpc) is 2.39. The maximum absolute atomic E-state index is 5.55. The van der Waals surface area contributed by atoms with Gasteiger partial charge in [-0.2, -0.15) is 0 Å². The van der Waals surface area contributed by atoms with Crippen LogP contribution in [0.25, 0.3) is 11.0 Å². The van der Waals surface area contributed by atoms with Crippen LogP contribution in [0, 0.1) is 0 Å². The predicted molar refractivity (Wildman–Crippen MR) is 71.6 cm³/mol. The molecule has 0 aliphatic carbocycles. The van der Waals surface area contributed by atoms with E-state index in [2.05, 4.69) is 34.3 Å². The highest BCUT2D eigenvalue weighted by Crippen LogP contribution is 2.20. The lowest BCUT2D eigenvalue weighted by Crippen LogP contribution is -2.32. The highest BCUT2D eigenvalue weighted by atomic mass is 16.5. The number of rotatable bonds is 2. The summed E-state index contributed by atoms with van der Waals surface area (Å²) in [5.41, 5.74) is 2.98. The van der Waals surface area contributed by atoms with Crippen LogP contribution in [0.2, 0.25) is 0 Å². The van der Waals surface area contributed by atoms with Crippen molar-refractivity contribution >= 4 is 16.7 Å². The van der Waals surface area contributed by atoms with Crippen molar-refractivity contribution in [2.45, 2.75) is 31.9 Å². The zero-order chi connectivity index (χ0) is 12.4. The summed E-state index contributed by atoms with van der Waals surface area (Å²) in [4.78, 5) is 8.59. The van der Waals surface area contributed by atoms with E-state index in [1.165, 1.54) is 0 Å². The Labute approximate surface area is 106 Å². The van der Waals surface area contributed by atoms with Gasteiger partial charge in [-0.05, 0) is 38.0 Å². The first-order chi connectivity index (χ1) is 8.81. The summed E-state index contributed by atoms with van der Waals surface area (Å²) in [7, 11) is 0. The van der Waals surface area contributed by atoms with Crippen molar-refractivity contribution in [2.75, 3.05) is 11.9 Å². The zero-order valence-electron chi connectivity index (χ0n) is 10.5. The predicted octanol–water partition coefficient (Wildman–Crippen LogP) is 2.61. The van der Waals surface area contributed by atoms with Crippen molar-refractivity contribution in [3.8, 4) is 0 Å². The molecule has 0 saturated carbocycles. The van der Waals surface area contributed by atoms with Crippen molar-refractivity contribution in [3.63, 3.8) is 0 Å². The molecular weight excluding hydrogens is 226 g/mol. The summed E-state index contributed by atoms with van der Waals surface area (Å²) in [5.74, 6) is 0. The van der Waals surface area contributed by atoms with Gasteiger partial charge in [0.15, 0.2) is 0 Å². The Morgan fingerprint density at radius 1 is 1.22 bits per heavy atom. The molecule has 4 heteroatoms. The molecule has 3 rings (SSSR count). The standard InChI is InChI=1S/C14H17N3O/c1-10-8-12(4-7-18-10)17-11-2-3-13-14(9-11)16-6-5-15-13/h2-3,5-6,9-10,12,17H,4,7-8H2,1H3. The molecule has 1 aliphatic heterocycles. The Bertz CT molecular complexity index is 543. The minimum atomic E-state index is 0.344. The molecule has 1 aromatic heterocycles. The monoisotopic (exact) mass is 243 g/mol. The van der Waals surface area contributed by atoms with E-state index < -0.39 is 0 Å². The van der Waals surface area contributed by atoms with Crippen LogP contribution in [0.5, 0.6) is 0 Å². The highest BCUT2D eigenvalue weighted by Gasteiger charge is 2.18. The molecule has 2 unspecified atom stereocenters. The number of benzene rings is 1. The molecule has 2 atom stereocenters. The van der Waals surface area contributed by atoms with Crippen LogP contribution in [0.15, 0.2) is 30.6 Å². The first-order valence-electron chi connectivity index (χ1n) is 6.40. The molecule has 4 nitrogen and oxygen atoms in total. The second-order valence-electron chi connectivity index (χ2n) is 4.81. The molecule has 1 aliphatic rings. The molecule has 94 valence electrons. The third kappa shape index (κ3) is 2.43. The second-order valence-corrected chi connectivity index (χ2v) is 4.81. The number of aromatic nitrogens is 2. The smallest absolute Gasteiger partial charge is 0.0907 e. The number of nitrogens with one attached hydrogen (secondary N) is 1. The van der Waals surface area contributed by atoms with Gasteiger partial charge >= 0.3 is 0 Å². The summed E-state index contributed by atoms with van der Waals surface area (Å²) in [6.45, 7) is 2.96. The molecule has 2 heterocycles. The summed E-state index contributed by atoms with van der Waals surface area (Å²) in [5, 5.41) is 3.56. The Morgan fingerprint density at radius 3 is 2.89 bits per heavy atom. The topological polar surface area (TPSA) is 47.0 Å². The fourth-order valence-corrected chi connectivity index (χ4v) is 2.42. The first-order valence-corrected chi connectivity index (χ1v) is 6.40. The van der Waals surface area contributed by atoms with Gasteiger partial charge in [-0.1, -0.05) is 0 Å². The van der Waals surface area contributed by atoms with Gasteiger partial charge in [-0.15, -0.1) is 0 Å². The van der Waals surface area contributed by atoms with Gasteiger partial charge in [0.2, 0.25) is 0 Å². The molecule has 1 N–H and O–H groups in total. The molecule has 0 radical (unpaired) electrons. The van der Waals surface area contributed by atoms with Crippen LogP contribution in [-0.4, -0.2) is 28.7 Å². The van der Waals surface area contributed by atoms with Gasteiger partial charge in [0.1, 0.15) is 0 Å². The number of fused-ring (bicyclic) bond motifs is 1. The molecule has 0 amide bonds. The zero-order valence-corrected chi connectivity index (χ0v) is 10.5. The SMILES string of the molecule is CC1CC(Nc2ccc3nccnc3c2)CCO1. The van der Waals surface area contributed by atoms with Gasteiger partial charge in [0.05, 0.1) is 17.1 Å². The molecule has 1 fully saturated rings. The van der Waals surface area contributed by atoms with Gasteiger partial charge in [-0.25, -0.2) is 0 Å². The highest BCUT2D eigenvalue weighted by molar-refractivity contribution is 5.78. The van der Waals surface area contributed by atoms with Gasteiger partial charge in [-0.3, -0.25) is 9.97 Å². The van der Waals surface area contributed by atoms with E-state index in [1.807, 2.05) is 6.07 Å². The minimum absolute atomic E-state index is 0.344. The van der Waals surface area contributed by atoms with Crippen molar-refractivity contribution < 1.29 is 4.74 Å². The summed E-state index contributed by atoms with van der Waals surface area (Å²) in [6.07, 6.45) is 5.90. The lowest BCUT2D eigenvalue weighted by atomic mass is 10.0. The molecule has 1 aromatic carbocycles. The maximum atomic E-state index is 5.55. The Kier molecular flexibility index (Phi) is 3.11. The van der Waals surface area contributed by atoms with E-state index in [0.29, 0.717) is 12.1 Å². The fraction of sp³-hybridized carbons (Fsp3) is 0.429. The molecule has 1 saturated heterocycles. The molecule has 18 heavy (non-hydrogen) atoms. The van der Waals surface area contributed by atoms with Crippen LogP contribution in [0.3, 0.4) is 0 Å². The third-order valence-corrected chi connectivity index (χ3v) is 3.33. The van der Waals surface area contributed by atoms with Crippen molar-refractivity contribution in [1.82, 2.24) is 9.97 Å². The number of hydrogen-bond donors (Lipinski definition) is 1. The quantitative estimate of drug-likeness (QED) is 0.880. The second kappa shape index (κ2) is 4.90. The molecule has 0 spiro atoms. The maximum Gasteiger partial charge on any atom is 0.0907 e. The summed E-state index contributed by atoms with van der Waals surface area (Å²) >= 11 is 0. The van der Waals surface area contributed by atoms with Crippen LogP contribution >= 0.6 is 0 Å². The normalized spacial score (nSPS) is 24.1. The van der Waals surface area contributed by atoms with E-state index in [0.717, 1.165) is 36.2 Å². The summed E-state index contributed by atoms with van der Waals surface area (Å²) in [6, 6.07) is 6.62. The van der Waals surface area contributed by atoms with Crippen molar-refractivity contribution in [3.05, 3.63) is 30.6 Å². The Balaban J connectivity index is 1.78. The first kappa shape index (κ1) is 11.4. The fourth-order valence-electron chi connectivity index (χ4n) is 2.42. The number of ether oxygens (including phenoxy) is 1. The van der Waals surface area contributed by atoms with Gasteiger partial charge in [0.25, 0.3) is 0 Å². The van der Waals surface area contributed by atoms with E-state index in [1.54, 1.807) is 12.4 Å². The van der Waals surface area contributed by atoms with E-state index >= 15 is 0 Å². The van der Waals surface area contributed by atoms with E-state index in [-0.39, 0.29) is 0 Å². The third-order valence-electron chi connectivity index (χ3n) is 3.33. The number of hydrogen-bond acceptors (Lipinski definition) is 4. The van der Waals surface area contributed by atoms with Crippen LogP contribution in [-0.2, 0) is 4.74 Å². The van der Waals surface area contributed by atoms with Crippen LogP contribution in [0.4, 0.5) is 5.69 Å². The molecule has 0 bridgehead atoms. The van der Waals surface area contributed by atoms with Crippen LogP contribution < -0.4 is 5.32 Å². The van der Waals surface area contributed by atoms with Gasteiger partial charge < -0.3 is 10.1 Å². The largest absolute Gasteiger partial charge is 0.382 e. The number of nitrogens with zero attached hydrogens (tertiary/aromatic N) is 2. The molecular formula is C14H17N3O. The molecule has 2 aromatic rings. The van der Waals surface area contributed by atoms with Crippen LogP contribution in [0.1, 0.15) is 19.8 Å². The van der Waals surface area contributed by atoms with Crippen molar-refractivity contribution in [2.24, 2.45) is 0 Å². The minimum Gasteiger partial charge on any atom is -0.382 e. The summed E-state index contributed by atoms with van der Waals surface area (Å²) < 4.78 is 5.55. The number of anilines is 1. The lowest BCUT2D eigenvalue weighted by Gasteiger charge is -2.28. The Hall–Kier alpha value is -1.68. The van der Waals surface area contributed by atoms with E-state index in [4.69, 9.17) is 4.74 Å².